The third-order valence-corrected chi connectivity index (χ3v) is 5.24. The van der Waals surface area contributed by atoms with Gasteiger partial charge in [-0.25, -0.2) is 0 Å². The summed E-state index contributed by atoms with van der Waals surface area (Å²) >= 11 is 0. The van der Waals surface area contributed by atoms with E-state index in [1.807, 2.05) is 4.90 Å². The fourth-order valence-electron chi connectivity index (χ4n) is 3.77. The molecule has 2 aliphatic heterocycles. The molecule has 0 radical (unpaired) electrons. The van der Waals surface area contributed by atoms with Crippen LogP contribution in [0.1, 0.15) is 37.2 Å². The highest BCUT2D eigenvalue weighted by molar-refractivity contribution is 6.04. The monoisotopic (exact) mass is 412 g/mol. The summed E-state index contributed by atoms with van der Waals surface area (Å²) in [5, 5.41) is 16.1. The van der Waals surface area contributed by atoms with Gasteiger partial charge in [-0.15, -0.1) is 0 Å². The van der Waals surface area contributed by atoms with Crippen LogP contribution in [0.25, 0.3) is 0 Å². The molecule has 2 aliphatic rings. The van der Waals surface area contributed by atoms with Gasteiger partial charge in [0.25, 0.3) is 11.2 Å². The van der Waals surface area contributed by atoms with Gasteiger partial charge in [-0.2, -0.15) is 4.98 Å². The second-order valence-corrected chi connectivity index (χ2v) is 7.30. The van der Waals surface area contributed by atoms with Crippen LogP contribution >= 0.6 is 0 Å². The minimum Gasteiger partial charge on any atom is -0.342 e. The van der Waals surface area contributed by atoms with Gasteiger partial charge in [0.1, 0.15) is 5.82 Å². The topological polar surface area (TPSA) is 150 Å². The summed E-state index contributed by atoms with van der Waals surface area (Å²) < 4.78 is 0. The zero-order valence-electron chi connectivity index (χ0n) is 16.0. The predicted molar refractivity (Wildman–Crippen MR) is 109 cm³/mol. The van der Waals surface area contributed by atoms with Crippen molar-refractivity contribution in [3.8, 4) is 0 Å². The molecule has 0 bridgehead atoms. The van der Waals surface area contributed by atoms with Crippen molar-refractivity contribution in [2.24, 2.45) is 0 Å². The largest absolute Gasteiger partial charge is 0.342 e. The van der Waals surface area contributed by atoms with E-state index < -0.39 is 28.2 Å². The average molecular weight is 412 g/mol. The predicted octanol–water partition coefficient (Wildman–Crippen LogP) is 1.73. The molecule has 0 saturated carbocycles. The number of hydrogen-bond donors (Lipinski definition) is 3. The van der Waals surface area contributed by atoms with Crippen molar-refractivity contribution < 1.29 is 14.5 Å². The van der Waals surface area contributed by atoms with Crippen LogP contribution in [0.2, 0.25) is 0 Å². The number of fused-ring (bicyclic) bond motifs is 1. The Labute approximate surface area is 170 Å². The molecule has 0 unspecified atom stereocenters. The standard InChI is InChI=1S/C19H20N6O5/c26-14-10-13(17(27)20-11-5-4-6-12(9-11)25(29)30)15-16(21-14)22-19(23-18(15)28)24-7-2-1-3-8-24/h4-6,9,13H,1-3,7-8,10H2,(H,20,27)(H2,21,22,23,26,28)/t13-/m1/s1. The number of carbonyl (C=O) groups is 2. The first-order valence-corrected chi connectivity index (χ1v) is 9.66. The first kappa shape index (κ1) is 19.6. The van der Waals surface area contributed by atoms with Crippen LogP contribution in [0.5, 0.6) is 0 Å². The lowest BCUT2D eigenvalue weighted by Crippen LogP contribution is -2.38. The lowest BCUT2D eigenvalue weighted by molar-refractivity contribution is -0.384. The van der Waals surface area contributed by atoms with Crippen LogP contribution in [-0.4, -0.2) is 39.8 Å². The fraction of sp³-hybridized carbons (Fsp3) is 0.368. The number of H-pyrrole nitrogens is 1. The molecule has 1 atom stereocenters. The van der Waals surface area contributed by atoms with E-state index in [0.717, 1.165) is 32.4 Å². The maximum atomic E-state index is 12.8. The molecule has 3 heterocycles. The number of anilines is 3. The maximum Gasteiger partial charge on any atom is 0.271 e. The quantitative estimate of drug-likeness (QED) is 0.511. The highest BCUT2D eigenvalue weighted by Crippen LogP contribution is 2.31. The number of aromatic nitrogens is 2. The van der Waals surface area contributed by atoms with E-state index in [9.17, 15) is 24.5 Å². The number of nitrogens with one attached hydrogen (secondary N) is 3. The van der Waals surface area contributed by atoms with Crippen LogP contribution in [0.3, 0.4) is 0 Å². The molecule has 0 aliphatic carbocycles. The minimum absolute atomic E-state index is 0.0785. The summed E-state index contributed by atoms with van der Waals surface area (Å²) in [5.74, 6) is -1.64. The lowest BCUT2D eigenvalue weighted by Gasteiger charge is -2.29. The number of nitrogens with zero attached hydrogens (tertiary/aromatic N) is 3. The van der Waals surface area contributed by atoms with Gasteiger partial charge in [0.05, 0.1) is 16.4 Å². The summed E-state index contributed by atoms with van der Waals surface area (Å²) in [4.78, 5) is 57.3. The zero-order valence-corrected chi connectivity index (χ0v) is 16.0. The summed E-state index contributed by atoms with van der Waals surface area (Å²) in [6.07, 6.45) is 2.87. The number of piperidine rings is 1. The van der Waals surface area contributed by atoms with Crippen LogP contribution in [0, 0.1) is 10.1 Å². The number of hydrogen-bond acceptors (Lipinski definition) is 7. The van der Waals surface area contributed by atoms with Gasteiger partial charge >= 0.3 is 0 Å². The van der Waals surface area contributed by atoms with Gasteiger partial charge in [-0.1, -0.05) is 6.07 Å². The Balaban J connectivity index is 1.63. The fourth-order valence-corrected chi connectivity index (χ4v) is 3.77. The van der Waals surface area contributed by atoms with Crippen LogP contribution < -0.4 is 21.1 Å². The molecule has 11 heteroatoms. The van der Waals surface area contributed by atoms with E-state index in [1.54, 1.807) is 0 Å². The first-order chi connectivity index (χ1) is 14.4. The molecule has 156 valence electrons. The van der Waals surface area contributed by atoms with E-state index >= 15 is 0 Å². The van der Waals surface area contributed by atoms with Crippen molar-refractivity contribution in [1.82, 2.24) is 9.97 Å². The van der Waals surface area contributed by atoms with Crippen molar-refractivity contribution in [2.75, 3.05) is 28.6 Å². The molecule has 3 N–H and O–H groups in total. The molecule has 11 nitrogen and oxygen atoms in total. The van der Waals surface area contributed by atoms with Gasteiger partial charge < -0.3 is 15.5 Å². The number of rotatable bonds is 4. The number of non-ortho nitro benzene ring substituents is 1. The summed E-state index contributed by atoms with van der Waals surface area (Å²) in [7, 11) is 0. The number of amides is 2. The molecule has 0 spiro atoms. The van der Waals surface area contributed by atoms with Crippen molar-refractivity contribution in [3.63, 3.8) is 0 Å². The number of nitro benzene ring substituents is 1. The smallest absolute Gasteiger partial charge is 0.271 e. The Morgan fingerprint density at radius 3 is 2.73 bits per heavy atom. The normalized spacial score (nSPS) is 18.3. The van der Waals surface area contributed by atoms with Crippen molar-refractivity contribution in [2.45, 2.75) is 31.6 Å². The second kappa shape index (κ2) is 7.93. The SMILES string of the molecule is O=C1C[C@@H](C(=O)Nc2cccc([N+](=O)[O-])c2)c2c(nc(N3CCCCC3)[nH]c2=O)N1. The van der Waals surface area contributed by atoms with Crippen molar-refractivity contribution >= 4 is 35.0 Å². The highest BCUT2D eigenvalue weighted by atomic mass is 16.6. The van der Waals surface area contributed by atoms with E-state index in [-0.39, 0.29) is 29.2 Å². The summed E-state index contributed by atoms with van der Waals surface area (Å²) in [6, 6.07) is 5.45. The Morgan fingerprint density at radius 1 is 1.23 bits per heavy atom. The molecular formula is C19H20N6O5. The Morgan fingerprint density at radius 2 is 2.00 bits per heavy atom. The van der Waals surface area contributed by atoms with Gasteiger partial charge in [0.15, 0.2) is 0 Å². The number of carbonyl (C=O) groups excluding carboxylic acids is 2. The molecule has 1 fully saturated rings. The molecular weight excluding hydrogens is 392 g/mol. The van der Waals surface area contributed by atoms with Crippen LogP contribution in [0.4, 0.5) is 23.1 Å². The second-order valence-electron chi connectivity index (χ2n) is 7.30. The molecule has 30 heavy (non-hydrogen) atoms. The zero-order chi connectivity index (χ0) is 21.3. The Kier molecular flexibility index (Phi) is 5.17. The number of benzene rings is 1. The van der Waals surface area contributed by atoms with E-state index in [2.05, 4.69) is 20.6 Å². The molecule has 2 amide bonds. The molecule has 4 rings (SSSR count). The Hall–Kier alpha value is -3.76. The highest BCUT2D eigenvalue weighted by Gasteiger charge is 2.35. The van der Waals surface area contributed by atoms with Gasteiger partial charge in [-0.3, -0.25) is 29.5 Å². The third kappa shape index (κ3) is 3.86. The average Bonchev–Trinajstić information content (AvgIpc) is 2.73. The maximum absolute atomic E-state index is 12.8. The molecule has 1 aromatic heterocycles. The van der Waals surface area contributed by atoms with Gasteiger partial charge in [-0.05, 0) is 25.3 Å². The van der Waals surface area contributed by atoms with Gasteiger partial charge in [0, 0.05) is 37.3 Å². The van der Waals surface area contributed by atoms with Crippen LogP contribution in [0.15, 0.2) is 29.1 Å². The minimum atomic E-state index is -1.06. The lowest BCUT2D eigenvalue weighted by atomic mass is 9.92. The first-order valence-electron chi connectivity index (χ1n) is 9.66. The van der Waals surface area contributed by atoms with Crippen molar-refractivity contribution in [3.05, 3.63) is 50.3 Å². The number of aromatic amines is 1. The molecule has 2 aromatic rings. The number of nitro groups is 1. The van der Waals surface area contributed by atoms with Crippen LogP contribution in [-0.2, 0) is 9.59 Å². The van der Waals surface area contributed by atoms with E-state index in [4.69, 9.17) is 0 Å². The summed E-state index contributed by atoms with van der Waals surface area (Å²) in [5.41, 5.74) is -0.380. The molecule has 1 aromatic carbocycles. The third-order valence-electron chi connectivity index (χ3n) is 5.24. The van der Waals surface area contributed by atoms with E-state index in [0.29, 0.717) is 5.95 Å². The molecule has 1 saturated heterocycles. The summed E-state index contributed by atoms with van der Waals surface area (Å²) in [6.45, 7) is 1.51. The van der Waals surface area contributed by atoms with E-state index in [1.165, 1.54) is 24.3 Å². The van der Waals surface area contributed by atoms with Crippen molar-refractivity contribution in [1.29, 1.82) is 0 Å². The van der Waals surface area contributed by atoms with Gasteiger partial charge in [0.2, 0.25) is 17.8 Å². The Bertz CT molecular complexity index is 1080.